The second-order valence-corrected chi connectivity index (χ2v) is 4.14. The van der Waals surface area contributed by atoms with E-state index in [0.717, 1.165) is 18.5 Å². The lowest BCUT2D eigenvalue weighted by atomic mass is 10.0. The number of nitrogens with zero attached hydrogens (tertiary/aromatic N) is 3. The van der Waals surface area contributed by atoms with Gasteiger partial charge in [-0.2, -0.15) is 0 Å². The molecule has 1 heterocycles. The minimum absolute atomic E-state index is 0.0993. The van der Waals surface area contributed by atoms with Crippen LogP contribution in [-0.4, -0.2) is 27.5 Å². The van der Waals surface area contributed by atoms with Crippen molar-refractivity contribution in [1.82, 2.24) is 15.0 Å². The van der Waals surface area contributed by atoms with Gasteiger partial charge < -0.3 is 0 Å². The largest absolute Gasteiger partial charge is 0.299 e. The third-order valence-corrected chi connectivity index (χ3v) is 2.40. The van der Waals surface area contributed by atoms with E-state index in [1.165, 1.54) is 4.68 Å². The summed E-state index contributed by atoms with van der Waals surface area (Å²) in [5, 5.41) is 7.69. The fourth-order valence-corrected chi connectivity index (χ4v) is 1.38. The van der Waals surface area contributed by atoms with E-state index < -0.39 is 6.67 Å². The number of carbonyl (C=O) groups is 1. The Morgan fingerprint density at radius 2 is 2.31 bits per heavy atom. The zero-order valence-corrected chi connectivity index (χ0v) is 9.82. The molecule has 0 unspecified atom stereocenters. The molecule has 4 nitrogen and oxygen atoms in total. The first-order chi connectivity index (χ1) is 7.63. The fourth-order valence-electron chi connectivity index (χ4n) is 1.38. The van der Waals surface area contributed by atoms with Crippen molar-refractivity contribution in [1.29, 1.82) is 0 Å². The summed E-state index contributed by atoms with van der Waals surface area (Å²) in [6, 6.07) is 0. The monoisotopic (exact) mass is 226 g/mol. The summed E-state index contributed by atoms with van der Waals surface area (Å²) in [6.07, 6.45) is 3.82. The molecule has 0 saturated heterocycles. The lowest BCUT2D eigenvalue weighted by Gasteiger charge is -2.01. The zero-order chi connectivity index (χ0) is 12.0. The van der Waals surface area contributed by atoms with Crippen LogP contribution < -0.4 is 0 Å². The smallest absolute Gasteiger partial charge is 0.135 e. The fraction of sp³-hybridized carbons (Fsp3) is 0.727. The van der Waals surface area contributed by atoms with Crippen molar-refractivity contribution < 1.29 is 9.18 Å². The quantitative estimate of drug-likeness (QED) is 0.712. The van der Waals surface area contributed by atoms with Crippen molar-refractivity contribution >= 4 is 5.78 Å². The molecule has 0 aliphatic heterocycles. The van der Waals surface area contributed by atoms with Gasteiger partial charge in [0.05, 0.1) is 12.2 Å². The number of hydrogen-bond acceptors (Lipinski definition) is 3. The first-order valence-corrected chi connectivity index (χ1v) is 5.61. The van der Waals surface area contributed by atoms with E-state index in [1.807, 2.05) is 13.8 Å². The summed E-state index contributed by atoms with van der Waals surface area (Å²) in [7, 11) is 0. The molecule has 0 aromatic carbocycles. The number of aromatic nitrogens is 3. The molecule has 0 bridgehead atoms. The Bertz CT molecular complexity index is 336. The molecule has 1 aromatic heterocycles. The number of aryl methyl sites for hydroxylation is 2. The summed E-state index contributed by atoms with van der Waals surface area (Å²) in [4.78, 5) is 11.3. The number of Topliss-reactive ketones (excluding diaryl/α,β-unsaturated/α-hetero) is 1. The third-order valence-electron chi connectivity index (χ3n) is 2.40. The van der Waals surface area contributed by atoms with Gasteiger partial charge in [0.25, 0.3) is 0 Å². The second kappa shape index (κ2) is 6.35. The van der Waals surface area contributed by atoms with Crippen molar-refractivity contribution in [2.75, 3.05) is 6.67 Å². The highest BCUT2D eigenvalue weighted by Gasteiger charge is 2.07. The normalized spacial score (nSPS) is 11.0. The van der Waals surface area contributed by atoms with Gasteiger partial charge in [-0.05, 0) is 12.8 Å². The minimum Gasteiger partial charge on any atom is -0.299 e. The highest BCUT2D eigenvalue weighted by atomic mass is 18.2. The topological polar surface area (TPSA) is 47.8 Å². The van der Waals surface area contributed by atoms with Gasteiger partial charge in [0.2, 0.25) is 0 Å². The standard InChI is InChI=1S/C11H18FN3O/c1-9(2)11(16)5-3-4-10-8-15(7-6-12)14-13-10/h8-9H,3-7H2,1-2H3/i12-1. The van der Waals surface area contributed by atoms with Crippen molar-refractivity contribution in [3.63, 3.8) is 0 Å². The molecule has 0 aliphatic rings. The molecule has 0 N–H and O–H groups in total. The van der Waals surface area contributed by atoms with Gasteiger partial charge in [0, 0.05) is 18.5 Å². The molecule has 5 heteroatoms. The minimum atomic E-state index is -0.436. The molecule has 1 aromatic rings. The van der Waals surface area contributed by atoms with Gasteiger partial charge >= 0.3 is 0 Å². The van der Waals surface area contributed by atoms with E-state index in [2.05, 4.69) is 10.3 Å². The van der Waals surface area contributed by atoms with Crippen LogP contribution in [0.25, 0.3) is 0 Å². The van der Waals surface area contributed by atoms with Crippen molar-refractivity contribution in [2.45, 2.75) is 39.7 Å². The molecule has 0 radical (unpaired) electrons. The highest BCUT2D eigenvalue weighted by Crippen LogP contribution is 2.06. The molecule has 0 atom stereocenters. The number of alkyl halides is 1. The van der Waals surface area contributed by atoms with Gasteiger partial charge in [0.1, 0.15) is 12.5 Å². The maximum absolute atomic E-state index is 12.0. The first kappa shape index (κ1) is 12.8. The molecular formula is C11H18FN3O. The summed E-state index contributed by atoms with van der Waals surface area (Å²) >= 11 is 0. The van der Waals surface area contributed by atoms with E-state index in [1.54, 1.807) is 6.20 Å². The summed E-state index contributed by atoms with van der Waals surface area (Å²) < 4.78 is 13.5. The first-order valence-electron chi connectivity index (χ1n) is 5.61. The highest BCUT2D eigenvalue weighted by molar-refractivity contribution is 5.80. The van der Waals surface area contributed by atoms with Crippen LogP contribution in [0.4, 0.5) is 4.39 Å². The summed E-state index contributed by atoms with van der Waals surface area (Å²) in [6.45, 7) is 3.62. The van der Waals surface area contributed by atoms with E-state index in [4.69, 9.17) is 0 Å². The Hall–Kier alpha value is -1.26. The molecule has 0 spiro atoms. The molecule has 0 amide bonds. The van der Waals surface area contributed by atoms with Crippen LogP contribution in [0.15, 0.2) is 6.20 Å². The van der Waals surface area contributed by atoms with Crippen LogP contribution in [-0.2, 0) is 17.8 Å². The molecule has 16 heavy (non-hydrogen) atoms. The van der Waals surface area contributed by atoms with E-state index in [-0.39, 0.29) is 18.2 Å². The second-order valence-electron chi connectivity index (χ2n) is 4.14. The average molecular weight is 226 g/mol. The Morgan fingerprint density at radius 1 is 1.56 bits per heavy atom. The van der Waals surface area contributed by atoms with Crippen LogP contribution in [0.5, 0.6) is 0 Å². The van der Waals surface area contributed by atoms with Gasteiger partial charge in [-0.1, -0.05) is 19.1 Å². The Balaban J connectivity index is 2.29. The van der Waals surface area contributed by atoms with Crippen LogP contribution in [0.2, 0.25) is 0 Å². The van der Waals surface area contributed by atoms with Gasteiger partial charge in [-0.15, -0.1) is 5.10 Å². The number of ketones is 1. The SMILES string of the molecule is CC(C)C(=O)CCCc1cn(CC[18F])nn1. The summed E-state index contributed by atoms with van der Waals surface area (Å²) in [5.74, 6) is 0.373. The number of halogens is 1. The van der Waals surface area contributed by atoms with E-state index in [9.17, 15) is 9.18 Å². The molecule has 90 valence electrons. The van der Waals surface area contributed by atoms with E-state index in [0.29, 0.717) is 6.42 Å². The Morgan fingerprint density at radius 3 is 2.94 bits per heavy atom. The predicted molar refractivity (Wildman–Crippen MR) is 58.8 cm³/mol. The van der Waals surface area contributed by atoms with Crippen molar-refractivity contribution in [3.8, 4) is 0 Å². The van der Waals surface area contributed by atoms with Crippen LogP contribution in [0.1, 0.15) is 32.4 Å². The Kier molecular flexibility index (Phi) is 5.08. The Labute approximate surface area is 94.8 Å². The van der Waals surface area contributed by atoms with Crippen LogP contribution in [0, 0.1) is 5.92 Å². The van der Waals surface area contributed by atoms with Crippen LogP contribution in [0.3, 0.4) is 0 Å². The maximum Gasteiger partial charge on any atom is 0.135 e. The van der Waals surface area contributed by atoms with E-state index >= 15 is 0 Å². The van der Waals surface area contributed by atoms with Crippen molar-refractivity contribution in [3.05, 3.63) is 11.9 Å². The lowest BCUT2D eigenvalue weighted by molar-refractivity contribution is -0.121. The summed E-state index contributed by atoms with van der Waals surface area (Å²) in [5.41, 5.74) is 0.824. The lowest BCUT2D eigenvalue weighted by Crippen LogP contribution is -2.06. The van der Waals surface area contributed by atoms with Crippen molar-refractivity contribution in [2.24, 2.45) is 5.92 Å². The van der Waals surface area contributed by atoms with Gasteiger partial charge in [-0.25, -0.2) is 9.07 Å². The van der Waals surface area contributed by atoms with Gasteiger partial charge in [-0.3, -0.25) is 4.79 Å². The molecule has 0 fully saturated rings. The molecule has 0 saturated carbocycles. The molecule has 0 aliphatic carbocycles. The number of hydrogen-bond donors (Lipinski definition) is 0. The third kappa shape index (κ3) is 4.08. The number of carbonyl (C=O) groups excluding carboxylic acids is 1. The van der Waals surface area contributed by atoms with Crippen LogP contribution >= 0.6 is 0 Å². The zero-order valence-electron chi connectivity index (χ0n) is 9.82. The predicted octanol–water partition coefficient (Wildman–Crippen LogP) is 1.80. The molecular weight excluding hydrogens is 208 g/mol. The number of rotatable bonds is 7. The molecule has 1 rings (SSSR count). The van der Waals surface area contributed by atoms with Gasteiger partial charge in [0.15, 0.2) is 0 Å². The average Bonchev–Trinajstić information content (AvgIpc) is 2.66. The maximum atomic E-state index is 12.0.